The maximum atomic E-state index is 10.6. The predicted octanol–water partition coefficient (Wildman–Crippen LogP) is 2.25. The molecule has 4 heteroatoms. The normalized spacial score (nSPS) is 12.8. The molecule has 0 aliphatic carbocycles. The van der Waals surface area contributed by atoms with Crippen molar-refractivity contribution >= 4 is 5.97 Å². The topological polar surface area (TPSA) is 63.1 Å². The molecule has 1 heterocycles. The number of rotatable bonds is 5. The SMILES string of the molecule is CC(C)Cc1ccnc(C(C)CC(=O)O)n1. The predicted molar refractivity (Wildman–Crippen MR) is 61.2 cm³/mol. The van der Waals surface area contributed by atoms with E-state index in [2.05, 4.69) is 23.8 Å². The number of carboxylic acid groups (broad SMARTS) is 1. The maximum Gasteiger partial charge on any atom is 0.304 e. The van der Waals surface area contributed by atoms with Crippen molar-refractivity contribution in [1.82, 2.24) is 9.97 Å². The summed E-state index contributed by atoms with van der Waals surface area (Å²) in [5.74, 6) is 0.216. The van der Waals surface area contributed by atoms with Crippen LogP contribution in [0, 0.1) is 5.92 Å². The van der Waals surface area contributed by atoms with Crippen LogP contribution < -0.4 is 0 Å². The van der Waals surface area contributed by atoms with Gasteiger partial charge in [0.2, 0.25) is 0 Å². The fourth-order valence-corrected chi connectivity index (χ4v) is 1.54. The van der Waals surface area contributed by atoms with Crippen LogP contribution in [0.25, 0.3) is 0 Å². The first-order chi connectivity index (χ1) is 7.49. The van der Waals surface area contributed by atoms with Gasteiger partial charge in [-0.15, -0.1) is 0 Å². The van der Waals surface area contributed by atoms with Crippen molar-refractivity contribution in [3.05, 3.63) is 23.8 Å². The Morgan fingerprint density at radius 3 is 2.69 bits per heavy atom. The van der Waals surface area contributed by atoms with Gasteiger partial charge in [0.15, 0.2) is 0 Å². The molecule has 1 unspecified atom stereocenters. The molecule has 0 fully saturated rings. The summed E-state index contributed by atoms with van der Waals surface area (Å²) >= 11 is 0. The van der Waals surface area contributed by atoms with Gasteiger partial charge in [-0.1, -0.05) is 20.8 Å². The van der Waals surface area contributed by atoms with Crippen LogP contribution in [-0.2, 0) is 11.2 Å². The van der Waals surface area contributed by atoms with Crippen LogP contribution in [0.1, 0.15) is 44.6 Å². The Labute approximate surface area is 95.7 Å². The van der Waals surface area contributed by atoms with Gasteiger partial charge in [-0.2, -0.15) is 0 Å². The van der Waals surface area contributed by atoms with Gasteiger partial charge >= 0.3 is 5.97 Å². The third-order valence-corrected chi connectivity index (χ3v) is 2.27. The first-order valence-corrected chi connectivity index (χ1v) is 5.52. The number of hydrogen-bond donors (Lipinski definition) is 1. The van der Waals surface area contributed by atoms with E-state index in [-0.39, 0.29) is 12.3 Å². The minimum Gasteiger partial charge on any atom is -0.481 e. The molecule has 1 aromatic heterocycles. The second kappa shape index (κ2) is 5.58. The van der Waals surface area contributed by atoms with Crippen molar-refractivity contribution in [2.75, 3.05) is 0 Å². The lowest BCUT2D eigenvalue weighted by Gasteiger charge is -2.09. The molecular weight excluding hydrogens is 204 g/mol. The molecule has 0 radical (unpaired) electrons. The van der Waals surface area contributed by atoms with Crippen molar-refractivity contribution in [2.45, 2.75) is 39.5 Å². The van der Waals surface area contributed by atoms with E-state index in [1.54, 1.807) is 6.20 Å². The quantitative estimate of drug-likeness (QED) is 0.830. The van der Waals surface area contributed by atoms with E-state index in [4.69, 9.17) is 5.11 Å². The van der Waals surface area contributed by atoms with E-state index in [9.17, 15) is 4.79 Å². The summed E-state index contributed by atoms with van der Waals surface area (Å²) in [7, 11) is 0. The Bertz CT molecular complexity index is 364. The molecule has 0 aliphatic rings. The van der Waals surface area contributed by atoms with E-state index in [0.29, 0.717) is 11.7 Å². The number of carboxylic acids is 1. The molecule has 0 bridgehead atoms. The Kier molecular flexibility index (Phi) is 4.40. The molecule has 1 rings (SSSR count). The summed E-state index contributed by atoms with van der Waals surface area (Å²) in [5.41, 5.74) is 0.984. The second-order valence-electron chi connectivity index (χ2n) is 4.50. The van der Waals surface area contributed by atoms with Crippen LogP contribution in [0.5, 0.6) is 0 Å². The molecule has 0 saturated heterocycles. The number of aromatic nitrogens is 2. The summed E-state index contributed by atoms with van der Waals surface area (Å²) in [6.45, 7) is 6.09. The van der Waals surface area contributed by atoms with Crippen molar-refractivity contribution in [3.8, 4) is 0 Å². The highest BCUT2D eigenvalue weighted by atomic mass is 16.4. The molecule has 0 spiro atoms. The Hall–Kier alpha value is -1.45. The highest BCUT2D eigenvalue weighted by Crippen LogP contribution is 2.15. The van der Waals surface area contributed by atoms with E-state index in [1.807, 2.05) is 13.0 Å². The molecule has 0 amide bonds. The van der Waals surface area contributed by atoms with E-state index in [0.717, 1.165) is 12.1 Å². The minimum atomic E-state index is -0.814. The molecule has 0 aliphatic heterocycles. The van der Waals surface area contributed by atoms with Crippen LogP contribution in [0.2, 0.25) is 0 Å². The fourth-order valence-electron chi connectivity index (χ4n) is 1.54. The number of aliphatic carboxylic acids is 1. The molecule has 0 saturated carbocycles. The lowest BCUT2D eigenvalue weighted by atomic mass is 10.1. The first-order valence-electron chi connectivity index (χ1n) is 5.52. The van der Waals surface area contributed by atoms with Gasteiger partial charge in [0.1, 0.15) is 5.82 Å². The van der Waals surface area contributed by atoms with Crippen molar-refractivity contribution in [1.29, 1.82) is 0 Å². The summed E-state index contributed by atoms with van der Waals surface area (Å²) in [5, 5.41) is 8.70. The summed E-state index contributed by atoms with van der Waals surface area (Å²) in [6, 6.07) is 1.89. The van der Waals surface area contributed by atoms with Crippen LogP contribution in [0.4, 0.5) is 0 Å². The van der Waals surface area contributed by atoms with E-state index >= 15 is 0 Å². The molecule has 0 aromatic carbocycles. The molecule has 1 aromatic rings. The number of hydrogen-bond acceptors (Lipinski definition) is 3. The van der Waals surface area contributed by atoms with E-state index in [1.165, 1.54) is 0 Å². The lowest BCUT2D eigenvalue weighted by Crippen LogP contribution is -2.08. The van der Waals surface area contributed by atoms with Gasteiger partial charge in [0.05, 0.1) is 6.42 Å². The molecule has 1 N–H and O–H groups in total. The lowest BCUT2D eigenvalue weighted by molar-refractivity contribution is -0.137. The van der Waals surface area contributed by atoms with E-state index < -0.39 is 5.97 Å². The largest absolute Gasteiger partial charge is 0.481 e. The van der Waals surface area contributed by atoms with Crippen LogP contribution in [0.15, 0.2) is 12.3 Å². The third kappa shape index (κ3) is 3.96. The molecule has 88 valence electrons. The van der Waals surface area contributed by atoms with Crippen LogP contribution in [0.3, 0.4) is 0 Å². The summed E-state index contributed by atoms with van der Waals surface area (Å²) in [4.78, 5) is 19.1. The van der Waals surface area contributed by atoms with Gasteiger partial charge in [-0.25, -0.2) is 9.97 Å². The number of carbonyl (C=O) groups is 1. The van der Waals surface area contributed by atoms with Gasteiger partial charge in [-0.05, 0) is 18.4 Å². The van der Waals surface area contributed by atoms with Crippen molar-refractivity contribution < 1.29 is 9.90 Å². The Balaban J connectivity index is 2.77. The molecular formula is C12H18N2O2. The van der Waals surface area contributed by atoms with Gasteiger partial charge in [0.25, 0.3) is 0 Å². The Morgan fingerprint density at radius 2 is 2.12 bits per heavy atom. The number of nitrogens with zero attached hydrogens (tertiary/aromatic N) is 2. The van der Waals surface area contributed by atoms with Crippen LogP contribution in [-0.4, -0.2) is 21.0 Å². The van der Waals surface area contributed by atoms with Gasteiger partial charge in [-0.3, -0.25) is 4.79 Å². The zero-order chi connectivity index (χ0) is 12.1. The first kappa shape index (κ1) is 12.6. The maximum absolute atomic E-state index is 10.6. The standard InChI is InChI=1S/C12H18N2O2/c1-8(2)6-10-4-5-13-12(14-10)9(3)7-11(15)16/h4-5,8-9H,6-7H2,1-3H3,(H,15,16). The zero-order valence-corrected chi connectivity index (χ0v) is 9.97. The molecule has 16 heavy (non-hydrogen) atoms. The molecule has 4 nitrogen and oxygen atoms in total. The van der Waals surface area contributed by atoms with Crippen molar-refractivity contribution in [2.24, 2.45) is 5.92 Å². The van der Waals surface area contributed by atoms with Gasteiger partial charge in [0, 0.05) is 17.8 Å². The highest BCUT2D eigenvalue weighted by molar-refractivity contribution is 5.67. The molecule has 1 atom stereocenters. The van der Waals surface area contributed by atoms with Crippen LogP contribution >= 0.6 is 0 Å². The Morgan fingerprint density at radius 1 is 1.44 bits per heavy atom. The monoisotopic (exact) mass is 222 g/mol. The fraction of sp³-hybridized carbons (Fsp3) is 0.583. The average molecular weight is 222 g/mol. The van der Waals surface area contributed by atoms with Crippen molar-refractivity contribution in [3.63, 3.8) is 0 Å². The average Bonchev–Trinajstić information content (AvgIpc) is 2.16. The highest BCUT2D eigenvalue weighted by Gasteiger charge is 2.13. The smallest absolute Gasteiger partial charge is 0.304 e. The summed E-state index contributed by atoms with van der Waals surface area (Å²) in [6.07, 6.45) is 2.68. The minimum absolute atomic E-state index is 0.0745. The van der Waals surface area contributed by atoms with Gasteiger partial charge < -0.3 is 5.11 Å². The summed E-state index contributed by atoms with van der Waals surface area (Å²) < 4.78 is 0. The second-order valence-corrected chi connectivity index (χ2v) is 4.50. The zero-order valence-electron chi connectivity index (χ0n) is 9.97. The third-order valence-electron chi connectivity index (χ3n) is 2.27.